The van der Waals surface area contributed by atoms with Crippen molar-refractivity contribution in [2.24, 2.45) is 5.10 Å². The summed E-state index contributed by atoms with van der Waals surface area (Å²) in [5.41, 5.74) is 3.64. The third-order valence-corrected chi connectivity index (χ3v) is 3.34. The molecule has 0 saturated carbocycles. The van der Waals surface area contributed by atoms with Gasteiger partial charge in [0.2, 0.25) is 0 Å². The minimum absolute atomic E-state index is 0.498. The molecule has 2 aromatic rings. The molecule has 0 fully saturated rings. The van der Waals surface area contributed by atoms with Crippen LogP contribution in [0.15, 0.2) is 53.6 Å². The van der Waals surface area contributed by atoms with E-state index in [4.69, 9.17) is 9.47 Å². The molecule has 1 atom stereocenters. The average molecular weight is 323 g/mol. The Kier molecular flexibility index (Phi) is 5.92. The summed E-state index contributed by atoms with van der Waals surface area (Å²) in [5.74, 6) is -0.345. The summed E-state index contributed by atoms with van der Waals surface area (Å²) in [5, 5.41) is 13.1. The van der Waals surface area contributed by atoms with Gasteiger partial charge in [-0.15, -0.1) is 0 Å². The van der Waals surface area contributed by atoms with E-state index in [-0.39, 0.29) is 0 Å². The largest absolute Gasteiger partial charge is 0.493 e. The van der Waals surface area contributed by atoms with Crippen LogP contribution in [0.2, 0.25) is 0 Å². The molecule has 1 amide bonds. The highest BCUT2D eigenvalue weighted by molar-refractivity contribution is 5.89. The summed E-state index contributed by atoms with van der Waals surface area (Å²) in [4.78, 5) is 12.1. The van der Waals surface area contributed by atoms with Gasteiger partial charge in [-0.05, 0) is 17.7 Å². The maximum atomic E-state index is 12.1. The molecule has 6 nitrogen and oxygen atoms in total. The van der Waals surface area contributed by atoms with Crippen LogP contribution in [0.4, 0.5) is 0 Å². The fraction of sp³-hybridized carbons (Fsp3) is 0.167. The number of carbonyl (C=O) groups is 1. The summed E-state index contributed by atoms with van der Waals surface area (Å²) in [6.45, 7) is 0. The zero-order valence-corrected chi connectivity index (χ0v) is 13.4. The van der Waals surface area contributed by atoms with Crippen LogP contribution in [0, 0.1) is 11.3 Å². The molecule has 0 aliphatic carbocycles. The molecule has 0 aromatic heterocycles. The van der Waals surface area contributed by atoms with Crippen molar-refractivity contribution in [3.63, 3.8) is 0 Å². The van der Waals surface area contributed by atoms with Crippen LogP contribution in [0.3, 0.4) is 0 Å². The maximum Gasteiger partial charge on any atom is 0.261 e. The molecule has 2 rings (SSSR count). The predicted molar refractivity (Wildman–Crippen MR) is 90.1 cm³/mol. The van der Waals surface area contributed by atoms with E-state index in [0.29, 0.717) is 22.6 Å². The number of nitriles is 1. The number of rotatable bonds is 6. The van der Waals surface area contributed by atoms with Crippen LogP contribution in [0.5, 0.6) is 11.5 Å². The first-order chi connectivity index (χ1) is 11.7. The highest BCUT2D eigenvalue weighted by Crippen LogP contribution is 2.29. The molecule has 0 bridgehead atoms. The van der Waals surface area contributed by atoms with Crippen molar-refractivity contribution in [2.45, 2.75) is 5.92 Å². The van der Waals surface area contributed by atoms with Crippen LogP contribution in [-0.4, -0.2) is 26.3 Å². The second-order valence-electron chi connectivity index (χ2n) is 4.79. The summed E-state index contributed by atoms with van der Waals surface area (Å²) in [6.07, 6.45) is 1.44. The Morgan fingerprint density at radius 3 is 2.54 bits per heavy atom. The zero-order valence-electron chi connectivity index (χ0n) is 13.4. The average Bonchev–Trinajstić information content (AvgIpc) is 2.63. The fourth-order valence-corrected chi connectivity index (χ4v) is 2.17. The van der Waals surface area contributed by atoms with Crippen molar-refractivity contribution in [3.8, 4) is 17.6 Å². The Labute approximate surface area is 140 Å². The highest BCUT2D eigenvalue weighted by atomic mass is 16.5. The van der Waals surface area contributed by atoms with Gasteiger partial charge >= 0.3 is 0 Å². The Balaban J connectivity index is 2.12. The molecule has 0 saturated heterocycles. The number of amides is 1. The lowest BCUT2D eigenvalue weighted by Crippen LogP contribution is -2.24. The van der Waals surface area contributed by atoms with Crippen molar-refractivity contribution in [2.75, 3.05) is 14.2 Å². The first-order valence-corrected chi connectivity index (χ1v) is 7.19. The molecule has 0 aliphatic rings. The number of methoxy groups -OCH3 is 2. The third kappa shape index (κ3) is 3.90. The summed E-state index contributed by atoms with van der Waals surface area (Å²) in [7, 11) is 3.06. The second-order valence-corrected chi connectivity index (χ2v) is 4.79. The molecule has 0 radical (unpaired) electrons. The normalized spacial score (nSPS) is 11.5. The fourth-order valence-electron chi connectivity index (χ4n) is 2.17. The minimum atomic E-state index is -0.921. The number of hydrogen-bond acceptors (Lipinski definition) is 5. The zero-order chi connectivity index (χ0) is 17.4. The van der Waals surface area contributed by atoms with Gasteiger partial charge in [0.1, 0.15) is 0 Å². The molecule has 6 heteroatoms. The standard InChI is InChI=1S/C18H17N3O3/c1-23-16-10-6-9-14(17(16)24-2)12-20-21-18(22)15(11-19)13-7-4-3-5-8-13/h3-10,12,15H,1-2H3,(H,21,22)/b20-12-/t15-/m0/s1. The van der Waals surface area contributed by atoms with Gasteiger partial charge in [-0.25, -0.2) is 5.43 Å². The van der Waals surface area contributed by atoms with Gasteiger partial charge in [0.05, 0.1) is 26.5 Å². The van der Waals surface area contributed by atoms with Gasteiger partial charge in [0.25, 0.3) is 5.91 Å². The van der Waals surface area contributed by atoms with E-state index in [1.807, 2.05) is 12.1 Å². The number of ether oxygens (including phenoxy) is 2. The van der Waals surface area contributed by atoms with Crippen LogP contribution in [0.1, 0.15) is 17.0 Å². The van der Waals surface area contributed by atoms with E-state index in [9.17, 15) is 10.1 Å². The first-order valence-electron chi connectivity index (χ1n) is 7.19. The highest BCUT2D eigenvalue weighted by Gasteiger charge is 2.19. The van der Waals surface area contributed by atoms with Gasteiger partial charge in [-0.1, -0.05) is 36.4 Å². The van der Waals surface area contributed by atoms with Gasteiger partial charge in [-0.2, -0.15) is 10.4 Å². The number of para-hydroxylation sites is 1. The number of benzene rings is 2. The van der Waals surface area contributed by atoms with E-state index in [1.54, 1.807) is 42.5 Å². The van der Waals surface area contributed by atoms with E-state index in [2.05, 4.69) is 10.5 Å². The van der Waals surface area contributed by atoms with Crippen LogP contribution in [-0.2, 0) is 4.79 Å². The van der Waals surface area contributed by atoms with E-state index < -0.39 is 11.8 Å². The molecule has 1 N–H and O–H groups in total. The van der Waals surface area contributed by atoms with Crippen molar-refractivity contribution in [1.82, 2.24) is 5.43 Å². The van der Waals surface area contributed by atoms with Crippen LogP contribution in [0.25, 0.3) is 0 Å². The first kappa shape index (κ1) is 17.0. The molecular weight excluding hydrogens is 306 g/mol. The van der Waals surface area contributed by atoms with Crippen molar-refractivity contribution in [3.05, 3.63) is 59.7 Å². The lowest BCUT2D eigenvalue weighted by atomic mass is 10.0. The van der Waals surface area contributed by atoms with Crippen molar-refractivity contribution >= 4 is 12.1 Å². The molecule has 0 heterocycles. The third-order valence-electron chi connectivity index (χ3n) is 3.34. The summed E-state index contributed by atoms with van der Waals surface area (Å²) < 4.78 is 10.5. The number of hydrazone groups is 1. The Morgan fingerprint density at radius 1 is 1.17 bits per heavy atom. The molecule has 122 valence electrons. The van der Waals surface area contributed by atoms with Crippen LogP contribution >= 0.6 is 0 Å². The van der Waals surface area contributed by atoms with E-state index >= 15 is 0 Å². The Morgan fingerprint density at radius 2 is 1.92 bits per heavy atom. The van der Waals surface area contributed by atoms with Crippen LogP contribution < -0.4 is 14.9 Å². The smallest absolute Gasteiger partial charge is 0.261 e. The maximum absolute atomic E-state index is 12.1. The van der Waals surface area contributed by atoms with Gasteiger partial charge in [0, 0.05) is 5.56 Å². The quantitative estimate of drug-likeness (QED) is 0.654. The lowest BCUT2D eigenvalue weighted by Gasteiger charge is -2.10. The molecule has 24 heavy (non-hydrogen) atoms. The Hall–Kier alpha value is -3.33. The summed E-state index contributed by atoms with van der Waals surface area (Å²) >= 11 is 0. The van der Waals surface area contributed by atoms with Gasteiger partial charge in [-0.3, -0.25) is 4.79 Å². The predicted octanol–water partition coefficient (Wildman–Crippen LogP) is 2.46. The van der Waals surface area contributed by atoms with Gasteiger partial charge in [0.15, 0.2) is 17.4 Å². The minimum Gasteiger partial charge on any atom is -0.493 e. The lowest BCUT2D eigenvalue weighted by molar-refractivity contribution is -0.121. The molecule has 2 aromatic carbocycles. The SMILES string of the molecule is COc1cccc(/C=N\NC(=O)[C@@H](C#N)c2ccccc2)c1OC. The van der Waals surface area contributed by atoms with E-state index in [0.717, 1.165) is 0 Å². The second kappa shape index (κ2) is 8.34. The number of carbonyl (C=O) groups excluding carboxylic acids is 1. The molecule has 0 unspecified atom stereocenters. The molecule has 0 aliphatic heterocycles. The number of hydrogen-bond donors (Lipinski definition) is 1. The van der Waals surface area contributed by atoms with Crippen molar-refractivity contribution in [1.29, 1.82) is 5.26 Å². The van der Waals surface area contributed by atoms with Gasteiger partial charge < -0.3 is 9.47 Å². The summed E-state index contributed by atoms with van der Waals surface area (Å²) in [6, 6.07) is 16.1. The van der Waals surface area contributed by atoms with Crippen molar-refractivity contribution < 1.29 is 14.3 Å². The topological polar surface area (TPSA) is 83.7 Å². The molecule has 0 spiro atoms. The number of nitrogens with one attached hydrogen (secondary N) is 1. The van der Waals surface area contributed by atoms with E-state index in [1.165, 1.54) is 20.4 Å². The molecular formula is C18H17N3O3. The Bertz CT molecular complexity index is 767. The number of nitrogens with zero attached hydrogens (tertiary/aromatic N) is 2. The monoisotopic (exact) mass is 323 g/mol.